The van der Waals surface area contributed by atoms with E-state index in [9.17, 15) is 9.59 Å². The molecule has 0 spiro atoms. The molecule has 1 aromatic rings. The fourth-order valence-electron chi connectivity index (χ4n) is 1.89. The summed E-state index contributed by atoms with van der Waals surface area (Å²) in [7, 11) is 0. The van der Waals surface area contributed by atoms with Gasteiger partial charge in [-0.15, -0.1) is 5.10 Å². The van der Waals surface area contributed by atoms with Gasteiger partial charge in [-0.25, -0.2) is 9.89 Å². The van der Waals surface area contributed by atoms with Crippen molar-refractivity contribution in [1.29, 1.82) is 0 Å². The smallest absolute Gasteiger partial charge is 0.343 e. The summed E-state index contributed by atoms with van der Waals surface area (Å²) in [6, 6.07) is 0. The molecule has 0 saturated carbocycles. The van der Waals surface area contributed by atoms with Crippen LogP contribution in [0.25, 0.3) is 0 Å². The Kier molecular flexibility index (Phi) is 4.43. The molecule has 2 rings (SSSR count). The number of rotatable bonds is 5. The van der Waals surface area contributed by atoms with Crippen molar-refractivity contribution in [2.75, 3.05) is 19.0 Å². The molecular formula is C10H15N3O4S. The first-order valence-electron chi connectivity index (χ1n) is 5.74. The van der Waals surface area contributed by atoms with Gasteiger partial charge in [0.05, 0.1) is 5.75 Å². The lowest BCUT2D eigenvalue weighted by Gasteiger charge is -2.22. The van der Waals surface area contributed by atoms with Crippen molar-refractivity contribution in [2.45, 2.75) is 24.5 Å². The summed E-state index contributed by atoms with van der Waals surface area (Å²) in [6.07, 6.45) is 1.83. The van der Waals surface area contributed by atoms with Crippen molar-refractivity contribution in [1.82, 2.24) is 14.8 Å². The molecule has 7 nitrogen and oxygen atoms in total. The first-order valence-corrected chi connectivity index (χ1v) is 6.73. The third-order valence-corrected chi connectivity index (χ3v) is 3.79. The van der Waals surface area contributed by atoms with E-state index in [1.807, 2.05) is 0 Å². The van der Waals surface area contributed by atoms with Gasteiger partial charge in [-0.2, -0.15) is 0 Å². The lowest BCUT2D eigenvalue weighted by Crippen LogP contribution is -2.26. The predicted molar refractivity (Wildman–Crippen MR) is 64.8 cm³/mol. The van der Waals surface area contributed by atoms with E-state index in [2.05, 4.69) is 10.2 Å². The number of thioether (sulfide) groups is 1. The van der Waals surface area contributed by atoms with Gasteiger partial charge in [0.25, 0.3) is 0 Å². The van der Waals surface area contributed by atoms with E-state index in [1.54, 1.807) is 0 Å². The highest BCUT2D eigenvalue weighted by atomic mass is 32.2. The van der Waals surface area contributed by atoms with Crippen molar-refractivity contribution in [3.63, 3.8) is 0 Å². The molecule has 0 unspecified atom stereocenters. The Balaban J connectivity index is 2.03. The Morgan fingerprint density at radius 1 is 1.56 bits per heavy atom. The Hall–Kier alpha value is -1.28. The fourth-order valence-corrected chi connectivity index (χ4v) is 2.56. The van der Waals surface area contributed by atoms with Crippen molar-refractivity contribution in [2.24, 2.45) is 5.92 Å². The molecular weight excluding hydrogens is 258 g/mol. The zero-order valence-corrected chi connectivity index (χ0v) is 10.6. The molecule has 0 amide bonds. The quantitative estimate of drug-likeness (QED) is 0.742. The highest BCUT2D eigenvalue weighted by molar-refractivity contribution is 7.99. The molecule has 0 bridgehead atoms. The highest BCUT2D eigenvalue weighted by Crippen LogP contribution is 2.19. The number of hydrogen-bond donors (Lipinski definition) is 2. The number of nitrogens with one attached hydrogen (secondary N) is 1. The Morgan fingerprint density at radius 3 is 2.94 bits per heavy atom. The van der Waals surface area contributed by atoms with Crippen LogP contribution in [0.1, 0.15) is 12.8 Å². The minimum absolute atomic E-state index is 0.0991. The second-order valence-corrected chi connectivity index (χ2v) is 5.10. The maximum atomic E-state index is 11.6. The molecule has 2 heterocycles. The number of ether oxygens (including phenoxy) is 1. The Morgan fingerprint density at radius 2 is 2.28 bits per heavy atom. The van der Waals surface area contributed by atoms with E-state index >= 15 is 0 Å². The molecule has 18 heavy (non-hydrogen) atoms. The van der Waals surface area contributed by atoms with Gasteiger partial charge in [-0.05, 0) is 18.8 Å². The van der Waals surface area contributed by atoms with Crippen LogP contribution >= 0.6 is 11.8 Å². The molecule has 0 radical (unpaired) electrons. The maximum Gasteiger partial charge on any atom is 0.343 e. The monoisotopic (exact) mass is 273 g/mol. The minimum atomic E-state index is -0.923. The average Bonchev–Trinajstić information content (AvgIpc) is 2.70. The standard InChI is InChI=1S/C10H15N3O4S/c14-8(15)6-18-10-12-11-9(16)13(10)5-7-1-3-17-4-2-7/h7H,1-6H2,(H,11,16)(H,14,15). The molecule has 0 atom stereocenters. The topological polar surface area (TPSA) is 97.2 Å². The second kappa shape index (κ2) is 6.05. The van der Waals surface area contributed by atoms with Gasteiger partial charge < -0.3 is 9.84 Å². The van der Waals surface area contributed by atoms with Crippen LogP contribution in [0, 0.1) is 5.92 Å². The molecule has 8 heteroatoms. The number of carboxylic acid groups (broad SMARTS) is 1. The first-order chi connectivity index (χ1) is 8.66. The summed E-state index contributed by atoms with van der Waals surface area (Å²) in [6.45, 7) is 2.00. The number of nitrogens with zero attached hydrogens (tertiary/aromatic N) is 2. The zero-order valence-electron chi connectivity index (χ0n) is 9.79. The third-order valence-electron chi connectivity index (χ3n) is 2.83. The predicted octanol–water partition coefficient (Wildman–Crippen LogP) is 0.175. The molecule has 100 valence electrons. The van der Waals surface area contributed by atoms with Crippen LogP contribution in [-0.4, -0.2) is 44.8 Å². The number of aromatic amines is 1. The van der Waals surface area contributed by atoms with E-state index in [1.165, 1.54) is 4.57 Å². The normalized spacial score (nSPS) is 16.9. The number of aromatic nitrogens is 3. The molecule has 2 N–H and O–H groups in total. The van der Waals surface area contributed by atoms with E-state index in [0.717, 1.165) is 37.8 Å². The van der Waals surface area contributed by atoms with Crippen molar-refractivity contribution in [3.05, 3.63) is 10.5 Å². The van der Waals surface area contributed by atoms with E-state index in [4.69, 9.17) is 9.84 Å². The number of H-pyrrole nitrogens is 1. The van der Waals surface area contributed by atoms with E-state index in [0.29, 0.717) is 17.6 Å². The zero-order chi connectivity index (χ0) is 13.0. The van der Waals surface area contributed by atoms with Gasteiger partial charge >= 0.3 is 11.7 Å². The molecule has 1 aliphatic heterocycles. The van der Waals surface area contributed by atoms with Crippen LogP contribution in [0.4, 0.5) is 0 Å². The lowest BCUT2D eigenvalue weighted by molar-refractivity contribution is -0.133. The van der Waals surface area contributed by atoms with Crippen molar-refractivity contribution >= 4 is 17.7 Å². The summed E-state index contributed by atoms with van der Waals surface area (Å²) < 4.78 is 6.78. The first kappa shape index (κ1) is 13.2. The largest absolute Gasteiger partial charge is 0.481 e. The number of carbonyl (C=O) groups is 1. The van der Waals surface area contributed by atoms with E-state index < -0.39 is 5.97 Å². The van der Waals surface area contributed by atoms with Crippen molar-refractivity contribution < 1.29 is 14.6 Å². The summed E-state index contributed by atoms with van der Waals surface area (Å²) in [4.78, 5) is 22.1. The average molecular weight is 273 g/mol. The fraction of sp³-hybridized carbons (Fsp3) is 0.700. The molecule has 1 aliphatic rings. The Labute approximate surface area is 108 Å². The van der Waals surface area contributed by atoms with Gasteiger partial charge in [-0.3, -0.25) is 9.36 Å². The summed E-state index contributed by atoms with van der Waals surface area (Å²) in [5, 5.41) is 15.3. The molecule has 1 saturated heterocycles. The maximum absolute atomic E-state index is 11.6. The minimum Gasteiger partial charge on any atom is -0.481 e. The van der Waals surface area contributed by atoms with Crippen LogP contribution in [-0.2, 0) is 16.1 Å². The summed E-state index contributed by atoms with van der Waals surface area (Å²) in [5.74, 6) is -0.635. The van der Waals surface area contributed by atoms with Crippen LogP contribution < -0.4 is 5.69 Å². The summed E-state index contributed by atoms with van der Waals surface area (Å²) >= 11 is 1.05. The van der Waals surface area contributed by atoms with E-state index in [-0.39, 0.29) is 11.4 Å². The van der Waals surface area contributed by atoms with Gasteiger partial charge in [0.1, 0.15) is 0 Å². The second-order valence-electron chi connectivity index (χ2n) is 4.16. The third kappa shape index (κ3) is 3.36. The van der Waals surface area contributed by atoms with Gasteiger partial charge in [0.15, 0.2) is 5.16 Å². The van der Waals surface area contributed by atoms with Gasteiger partial charge in [0, 0.05) is 19.8 Å². The van der Waals surface area contributed by atoms with Gasteiger partial charge in [-0.1, -0.05) is 11.8 Å². The van der Waals surface area contributed by atoms with Crippen LogP contribution in [0.3, 0.4) is 0 Å². The van der Waals surface area contributed by atoms with Crippen molar-refractivity contribution in [3.8, 4) is 0 Å². The van der Waals surface area contributed by atoms with Gasteiger partial charge in [0.2, 0.25) is 0 Å². The number of aliphatic carboxylic acids is 1. The summed E-state index contributed by atoms with van der Waals surface area (Å²) in [5.41, 5.74) is -0.283. The number of hydrogen-bond acceptors (Lipinski definition) is 5. The van der Waals surface area contributed by atoms with Crippen LogP contribution in [0.2, 0.25) is 0 Å². The molecule has 1 aromatic heterocycles. The lowest BCUT2D eigenvalue weighted by atomic mass is 10.0. The number of carboxylic acids is 1. The molecule has 1 fully saturated rings. The highest BCUT2D eigenvalue weighted by Gasteiger charge is 2.18. The van der Waals surface area contributed by atoms with Crippen LogP contribution in [0.5, 0.6) is 0 Å². The molecule has 0 aromatic carbocycles. The Bertz CT molecular complexity index is 464. The SMILES string of the molecule is O=C(O)CSc1n[nH]c(=O)n1CC1CCOCC1. The van der Waals surface area contributed by atoms with Crippen LogP contribution in [0.15, 0.2) is 9.95 Å². The molecule has 0 aliphatic carbocycles.